The van der Waals surface area contributed by atoms with Crippen molar-refractivity contribution in [3.05, 3.63) is 37.2 Å². The van der Waals surface area contributed by atoms with Crippen LogP contribution < -0.4 is 4.90 Å². The topological polar surface area (TPSA) is 36.4 Å². The van der Waals surface area contributed by atoms with Gasteiger partial charge >= 0.3 is 0 Å². The van der Waals surface area contributed by atoms with Gasteiger partial charge in [-0.15, -0.1) is 0 Å². The molecule has 4 nitrogen and oxygen atoms in total. The second kappa shape index (κ2) is 4.79. The van der Waals surface area contributed by atoms with E-state index in [1.54, 1.807) is 6.20 Å². The Morgan fingerprint density at radius 3 is 2.69 bits per heavy atom. The second-order valence-electron chi connectivity index (χ2n) is 3.73. The Hall–Kier alpha value is -1.84. The standard InChI is InChI=1S/C12H15N3O/c1-2-12(16)15-8-6-14(7-9-15)11-4-3-5-13-10-11/h2-5,10H,1,6-9H2. The zero-order valence-electron chi connectivity index (χ0n) is 9.17. The largest absolute Gasteiger partial charge is 0.367 e. The van der Waals surface area contributed by atoms with E-state index in [0.717, 1.165) is 31.9 Å². The first-order valence-corrected chi connectivity index (χ1v) is 5.37. The zero-order valence-corrected chi connectivity index (χ0v) is 9.17. The first-order chi connectivity index (χ1) is 7.81. The number of pyridine rings is 1. The van der Waals surface area contributed by atoms with Gasteiger partial charge in [0.25, 0.3) is 0 Å². The summed E-state index contributed by atoms with van der Waals surface area (Å²) in [6.45, 7) is 6.70. The van der Waals surface area contributed by atoms with Crippen molar-refractivity contribution in [1.82, 2.24) is 9.88 Å². The van der Waals surface area contributed by atoms with Gasteiger partial charge in [-0.2, -0.15) is 0 Å². The van der Waals surface area contributed by atoms with Crippen molar-refractivity contribution >= 4 is 11.6 Å². The summed E-state index contributed by atoms with van der Waals surface area (Å²) in [6.07, 6.45) is 4.99. The molecule has 0 atom stereocenters. The van der Waals surface area contributed by atoms with Gasteiger partial charge in [0, 0.05) is 32.4 Å². The number of aromatic nitrogens is 1. The van der Waals surface area contributed by atoms with Crippen LogP contribution in [0.25, 0.3) is 0 Å². The lowest BCUT2D eigenvalue weighted by atomic mass is 10.2. The lowest BCUT2D eigenvalue weighted by molar-refractivity contribution is -0.126. The fourth-order valence-corrected chi connectivity index (χ4v) is 1.85. The predicted octanol–water partition coefficient (Wildman–Crippen LogP) is 0.916. The van der Waals surface area contributed by atoms with Crippen LogP contribution in [0.1, 0.15) is 0 Å². The molecule has 1 aliphatic rings. The summed E-state index contributed by atoms with van der Waals surface area (Å²) in [5.74, 6) is 0.0193. The number of hydrogen-bond donors (Lipinski definition) is 0. The molecule has 0 N–H and O–H groups in total. The summed E-state index contributed by atoms with van der Waals surface area (Å²) in [5.41, 5.74) is 1.12. The molecule has 0 spiro atoms. The van der Waals surface area contributed by atoms with Crippen LogP contribution in [0.3, 0.4) is 0 Å². The number of anilines is 1. The van der Waals surface area contributed by atoms with Gasteiger partial charge in [-0.1, -0.05) is 6.58 Å². The first-order valence-electron chi connectivity index (χ1n) is 5.37. The minimum absolute atomic E-state index is 0.0193. The average Bonchev–Trinajstić information content (AvgIpc) is 2.39. The van der Waals surface area contributed by atoms with Crippen LogP contribution in [0.2, 0.25) is 0 Å². The molecule has 0 aromatic carbocycles. The third-order valence-corrected chi connectivity index (χ3v) is 2.78. The highest BCUT2D eigenvalue weighted by Crippen LogP contribution is 2.14. The highest BCUT2D eigenvalue weighted by Gasteiger charge is 2.19. The minimum Gasteiger partial charge on any atom is -0.367 e. The molecule has 2 heterocycles. The van der Waals surface area contributed by atoms with E-state index in [9.17, 15) is 4.79 Å². The molecular formula is C12H15N3O. The average molecular weight is 217 g/mol. The van der Waals surface area contributed by atoms with Crippen molar-refractivity contribution in [2.45, 2.75) is 0 Å². The van der Waals surface area contributed by atoms with Crippen LogP contribution >= 0.6 is 0 Å². The molecule has 1 saturated heterocycles. The summed E-state index contributed by atoms with van der Waals surface area (Å²) in [7, 11) is 0. The summed E-state index contributed by atoms with van der Waals surface area (Å²) in [5, 5.41) is 0. The summed E-state index contributed by atoms with van der Waals surface area (Å²) < 4.78 is 0. The highest BCUT2D eigenvalue weighted by atomic mass is 16.2. The number of rotatable bonds is 2. The van der Waals surface area contributed by atoms with E-state index in [2.05, 4.69) is 16.5 Å². The molecule has 1 fully saturated rings. The van der Waals surface area contributed by atoms with Crippen LogP contribution in [0, 0.1) is 0 Å². The SMILES string of the molecule is C=CC(=O)N1CCN(c2cccnc2)CC1. The first kappa shape index (κ1) is 10.7. The number of amides is 1. The molecule has 16 heavy (non-hydrogen) atoms. The maximum atomic E-state index is 11.4. The van der Waals surface area contributed by atoms with Gasteiger partial charge in [0.15, 0.2) is 0 Å². The predicted molar refractivity (Wildman–Crippen MR) is 63.2 cm³/mol. The van der Waals surface area contributed by atoms with E-state index in [4.69, 9.17) is 0 Å². The van der Waals surface area contributed by atoms with Crippen molar-refractivity contribution in [3.8, 4) is 0 Å². The number of hydrogen-bond acceptors (Lipinski definition) is 3. The molecule has 1 amide bonds. The van der Waals surface area contributed by atoms with Gasteiger partial charge < -0.3 is 9.80 Å². The van der Waals surface area contributed by atoms with E-state index in [0.29, 0.717) is 0 Å². The monoisotopic (exact) mass is 217 g/mol. The van der Waals surface area contributed by atoms with Gasteiger partial charge in [-0.25, -0.2) is 0 Å². The molecule has 1 aromatic heterocycles. The number of nitrogens with zero attached hydrogens (tertiary/aromatic N) is 3. The van der Waals surface area contributed by atoms with Gasteiger partial charge in [0.1, 0.15) is 0 Å². The summed E-state index contributed by atoms with van der Waals surface area (Å²) in [4.78, 5) is 19.5. The molecular weight excluding hydrogens is 202 g/mol. The van der Waals surface area contributed by atoms with Crippen LogP contribution in [0.15, 0.2) is 37.2 Å². The lowest BCUT2D eigenvalue weighted by Crippen LogP contribution is -2.48. The van der Waals surface area contributed by atoms with E-state index in [1.165, 1.54) is 6.08 Å². The Bertz CT molecular complexity index is 369. The van der Waals surface area contributed by atoms with E-state index in [1.807, 2.05) is 23.2 Å². The molecule has 84 valence electrons. The van der Waals surface area contributed by atoms with Gasteiger partial charge in [-0.05, 0) is 18.2 Å². The molecule has 0 bridgehead atoms. The number of piperazine rings is 1. The maximum absolute atomic E-state index is 11.4. The molecule has 2 rings (SSSR count). The Kier molecular flexibility index (Phi) is 3.19. The van der Waals surface area contributed by atoms with Crippen molar-refractivity contribution in [2.75, 3.05) is 31.1 Å². The Morgan fingerprint density at radius 2 is 2.12 bits per heavy atom. The highest BCUT2D eigenvalue weighted by molar-refractivity contribution is 5.87. The zero-order chi connectivity index (χ0) is 11.4. The molecule has 0 saturated carbocycles. The fourth-order valence-electron chi connectivity index (χ4n) is 1.85. The summed E-state index contributed by atoms with van der Waals surface area (Å²) >= 11 is 0. The van der Waals surface area contributed by atoms with E-state index < -0.39 is 0 Å². The van der Waals surface area contributed by atoms with E-state index >= 15 is 0 Å². The Labute approximate surface area is 95.2 Å². The van der Waals surface area contributed by atoms with Crippen LogP contribution in [0.4, 0.5) is 5.69 Å². The minimum atomic E-state index is 0.0193. The third kappa shape index (κ3) is 2.21. The third-order valence-electron chi connectivity index (χ3n) is 2.78. The molecule has 1 aromatic rings. The smallest absolute Gasteiger partial charge is 0.246 e. The molecule has 0 radical (unpaired) electrons. The number of carbonyl (C=O) groups is 1. The van der Waals surface area contributed by atoms with Crippen molar-refractivity contribution in [3.63, 3.8) is 0 Å². The quantitative estimate of drug-likeness (QED) is 0.691. The van der Waals surface area contributed by atoms with Gasteiger partial charge in [0.05, 0.1) is 11.9 Å². The molecule has 0 aliphatic carbocycles. The van der Waals surface area contributed by atoms with Gasteiger partial charge in [-0.3, -0.25) is 9.78 Å². The summed E-state index contributed by atoms with van der Waals surface area (Å²) in [6, 6.07) is 3.97. The van der Waals surface area contributed by atoms with Crippen LogP contribution in [0.5, 0.6) is 0 Å². The Morgan fingerprint density at radius 1 is 1.38 bits per heavy atom. The molecule has 4 heteroatoms. The van der Waals surface area contributed by atoms with Crippen molar-refractivity contribution < 1.29 is 4.79 Å². The van der Waals surface area contributed by atoms with Crippen molar-refractivity contribution in [2.24, 2.45) is 0 Å². The molecule has 1 aliphatic heterocycles. The van der Waals surface area contributed by atoms with E-state index in [-0.39, 0.29) is 5.91 Å². The van der Waals surface area contributed by atoms with Crippen molar-refractivity contribution in [1.29, 1.82) is 0 Å². The van der Waals surface area contributed by atoms with Gasteiger partial charge in [0.2, 0.25) is 5.91 Å². The lowest BCUT2D eigenvalue weighted by Gasteiger charge is -2.35. The fraction of sp³-hybridized carbons (Fsp3) is 0.333. The van der Waals surface area contributed by atoms with Crippen LogP contribution in [-0.4, -0.2) is 42.0 Å². The number of carbonyl (C=O) groups excluding carboxylic acids is 1. The van der Waals surface area contributed by atoms with Crippen LogP contribution in [-0.2, 0) is 4.79 Å². The maximum Gasteiger partial charge on any atom is 0.246 e. The normalized spacial score (nSPS) is 16.0. The Balaban J connectivity index is 1.95. The second-order valence-corrected chi connectivity index (χ2v) is 3.73. The molecule has 0 unspecified atom stereocenters.